The molecule has 2 aliphatic heterocycles. The first-order valence-electron chi connectivity index (χ1n) is 10.7. The second kappa shape index (κ2) is 8.05. The van der Waals surface area contributed by atoms with Crippen molar-refractivity contribution in [3.63, 3.8) is 0 Å². The maximum absolute atomic E-state index is 12.4. The second-order valence-electron chi connectivity index (χ2n) is 8.51. The van der Waals surface area contributed by atoms with E-state index >= 15 is 0 Å². The molecule has 2 fully saturated rings. The Morgan fingerprint density at radius 2 is 1.89 bits per heavy atom. The van der Waals surface area contributed by atoms with Gasteiger partial charge in [0.15, 0.2) is 0 Å². The predicted octanol–water partition coefficient (Wildman–Crippen LogP) is 4.10. The fourth-order valence-electron chi connectivity index (χ4n) is 5.01. The molecule has 2 aliphatic rings. The summed E-state index contributed by atoms with van der Waals surface area (Å²) in [6.45, 7) is 7.55. The van der Waals surface area contributed by atoms with Crippen molar-refractivity contribution in [2.45, 2.75) is 52.0 Å². The Morgan fingerprint density at radius 3 is 2.70 bits per heavy atom. The van der Waals surface area contributed by atoms with Crippen molar-refractivity contribution in [2.24, 2.45) is 13.0 Å². The lowest BCUT2D eigenvalue weighted by atomic mass is 9.92. The van der Waals surface area contributed by atoms with Crippen molar-refractivity contribution in [3.8, 4) is 0 Å². The Balaban J connectivity index is 1.37. The predicted molar refractivity (Wildman–Crippen MR) is 111 cm³/mol. The molecule has 1 atom stereocenters. The highest BCUT2D eigenvalue weighted by Crippen LogP contribution is 2.29. The zero-order chi connectivity index (χ0) is 18.8. The van der Waals surface area contributed by atoms with Crippen molar-refractivity contribution < 1.29 is 4.79 Å². The van der Waals surface area contributed by atoms with Gasteiger partial charge < -0.3 is 9.47 Å². The Labute approximate surface area is 163 Å². The number of carbonyl (C=O) groups excluding carboxylic acids is 1. The van der Waals surface area contributed by atoms with Crippen LogP contribution in [0, 0.1) is 12.8 Å². The summed E-state index contributed by atoms with van der Waals surface area (Å²) < 4.78 is 2.32. The molecule has 27 heavy (non-hydrogen) atoms. The van der Waals surface area contributed by atoms with Crippen LogP contribution < -0.4 is 0 Å². The highest BCUT2D eigenvalue weighted by molar-refractivity contribution is 5.85. The first-order chi connectivity index (χ1) is 13.1. The van der Waals surface area contributed by atoms with Gasteiger partial charge in [-0.25, -0.2) is 0 Å². The molecule has 1 amide bonds. The summed E-state index contributed by atoms with van der Waals surface area (Å²) in [5.41, 5.74) is 4.18. The van der Waals surface area contributed by atoms with Crippen molar-refractivity contribution in [1.29, 1.82) is 0 Å². The van der Waals surface area contributed by atoms with Crippen molar-refractivity contribution in [3.05, 3.63) is 35.5 Å². The zero-order valence-corrected chi connectivity index (χ0v) is 16.9. The quantitative estimate of drug-likeness (QED) is 0.796. The van der Waals surface area contributed by atoms with Gasteiger partial charge in [0.2, 0.25) is 5.91 Å². The van der Waals surface area contributed by atoms with Crippen LogP contribution in [0.1, 0.15) is 49.8 Å². The first-order valence-corrected chi connectivity index (χ1v) is 10.7. The van der Waals surface area contributed by atoms with Crippen molar-refractivity contribution in [2.75, 3.05) is 26.2 Å². The third kappa shape index (κ3) is 3.91. The van der Waals surface area contributed by atoms with Gasteiger partial charge >= 0.3 is 0 Å². The van der Waals surface area contributed by atoms with Crippen LogP contribution in [-0.4, -0.2) is 46.5 Å². The SMILES string of the molecule is Cc1c(CN2CCC[C@H](CCC(=O)N3CCCC3)C2)c2ccccc2n1C. The van der Waals surface area contributed by atoms with E-state index in [0.29, 0.717) is 11.8 Å². The van der Waals surface area contributed by atoms with E-state index in [1.165, 1.54) is 54.4 Å². The van der Waals surface area contributed by atoms with Gasteiger partial charge in [-0.1, -0.05) is 18.2 Å². The van der Waals surface area contributed by atoms with Gasteiger partial charge in [-0.2, -0.15) is 0 Å². The number of hydrogen-bond acceptors (Lipinski definition) is 2. The Hall–Kier alpha value is -1.81. The van der Waals surface area contributed by atoms with E-state index in [9.17, 15) is 4.79 Å². The smallest absolute Gasteiger partial charge is 0.222 e. The molecule has 0 aliphatic carbocycles. The number of nitrogens with zero attached hydrogens (tertiary/aromatic N) is 3. The van der Waals surface area contributed by atoms with Crippen LogP contribution in [0.3, 0.4) is 0 Å². The van der Waals surface area contributed by atoms with E-state index < -0.39 is 0 Å². The minimum atomic E-state index is 0.384. The topological polar surface area (TPSA) is 28.5 Å². The molecule has 4 heteroatoms. The molecule has 0 radical (unpaired) electrons. The number of amides is 1. The van der Waals surface area contributed by atoms with Gasteiger partial charge in [0, 0.05) is 56.2 Å². The Morgan fingerprint density at radius 1 is 1.11 bits per heavy atom. The lowest BCUT2D eigenvalue weighted by molar-refractivity contribution is -0.130. The maximum Gasteiger partial charge on any atom is 0.222 e. The lowest BCUT2D eigenvalue weighted by Gasteiger charge is -2.33. The molecule has 0 unspecified atom stereocenters. The van der Waals surface area contributed by atoms with E-state index in [1.807, 2.05) is 0 Å². The maximum atomic E-state index is 12.4. The summed E-state index contributed by atoms with van der Waals surface area (Å²) in [6.07, 6.45) is 6.71. The molecule has 0 saturated carbocycles. The number of likely N-dealkylation sites (tertiary alicyclic amines) is 2. The standard InChI is InChI=1S/C23H33N3O/c1-18-21(20-9-3-4-10-22(20)24(18)2)17-25-13-7-8-19(16-25)11-12-23(27)26-14-5-6-15-26/h3-4,9-10,19H,5-8,11-17H2,1-2H3/t19-/m1/s1. The van der Waals surface area contributed by atoms with E-state index in [2.05, 4.69) is 52.6 Å². The number of piperidine rings is 1. The monoisotopic (exact) mass is 367 g/mol. The van der Waals surface area contributed by atoms with Gasteiger partial charge in [0.05, 0.1) is 0 Å². The number of hydrogen-bond donors (Lipinski definition) is 0. The molecule has 1 aromatic heterocycles. The molecule has 0 N–H and O–H groups in total. The number of fused-ring (bicyclic) bond motifs is 1. The molecule has 4 rings (SSSR count). The van der Waals surface area contributed by atoms with Gasteiger partial charge in [-0.15, -0.1) is 0 Å². The van der Waals surface area contributed by atoms with Crippen LogP contribution in [-0.2, 0) is 18.4 Å². The summed E-state index contributed by atoms with van der Waals surface area (Å²) >= 11 is 0. The fraction of sp³-hybridized carbons (Fsp3) is 0.609. The van der Waals surface area contributed by atoms with E-state index in [0.717, 1.165) is 39.0 Å². The summed E-state index contributed by atoms with van der Waals surface area (Å²) in [5.74, 6) is 1.05. The number of carbonyl (C=O) groups is 1. The van der Waals surface area contributed by atoms with Gasteiger partial charge in [0.1, 0.15) is 0 Å². The summed E-state index contributed by atoms with van der Waals surface area (Å²) in [4.78, 5) is 17.0. The van der Waals surface area contributed by atoms with E-state index in [-0.39, 0.29) is 0 Å². The second-order valence-corrected chi connectivity index (χ2v) is 8.51. The number of para-hydroxylation sites is 1. The van der Waals surface area contributed by atoms with Crippen LogP contribution in [0.15, 0.2) is 24.3 Å². The van der Waals surface area contributed by atoms with Crippen LogP contribution in [0.4, 0.5) is 0 Å². The molecule has 4 nitrogen and oxygen atoms in total. The summed E-state index contributed by atoms with van der Waals surface area (Å²) in [7, 11) is 2.17. The Kier molecular flexibility index (Phi) is 5.53. The highest BCUT2D eigenvalue weighted by Gasteiger charge is 2.24. The molecule has 1 aromatic carbocycles. The molecule has 146 valence electrons. The Bertz CT molecular complexity index is 803. The molecule has 3 heterocycles. The van der Waals surface area contributed by atoms with Crippen LogP contribution >= 0.6 is 0 Å². The zero-order valence-electron chi connectivity index (χ0n) is 16.9. The van der Waals surface area contributed by atoms with Crippen molar-refractivity contribution in [1.82, 2.24) is 14.4 Å². The fourth-order valence-corrected chi connectivity index (χ4v) is 5.01. The minimum Gasteiger partial charge on any atom is -0.348 e. The van der Waals surface area contributed by atoms with Crippen molar-refractivity contribution >= 4 is 16.8 Å². The average molecular weight is 368 g/mol. The number of aryl methyl sites for hydroxylation is 1. The van der Waals surface area contributed by atoms with E-state index in [4.69, 9.17) is 0 Å². The third-order valence-corrected chi connectivity index (χ3v) is 6.74. The van der Waals surface area contributed by atoms with Crippen LogP contribution in [0.25, 0.3) is 10.9 Å². The van der Waals surface area contributed by atoms with E-state index in [1.54, 1.807) is 0 Å². The van der Waals surface area contributed by atoms with Crippen LogP contribution in [0.2, 0.25) is 0 Å². The number of aromatic nitrogens is 1. The number of benzene rings is 1. The third-order valence-electron chi connectivity index (χ3n) is 6.74. The molecule has 0 spiro atoms. The lowest BCUT2D eigenvalue weighted by Crippen LogP contribution is -2.36. The summed E-state index contributed by atoms with van der Waals surface area (Å²) in [5, 5.41) is 1.39. The van der Waals surface area contributed by atoms with Gasteiger partial charge in [0.25, 0.3) is 0 Å². The average Bonchev–Trinajstić information content (AvgIpc) is 3.31. The normalized spacial score (nSPS) is 21.3. The molecular formula is C23H33N3O. The first kappa shape index (κ1) is 18.5. The molecule has 2 saturated heterocycles. The highest BCUT2D eigenvalue weighted by atomic mass is 16.2. The molecule has 2 aromatic rings. The van der Waals surface area contributed by atoms with Crippen LogP contribution in [0.5, 0.6) is 0 Å². The molecule has 0 bridgehead atoms. The molecular weight excluding hydrogens is 334 g/mol. The summed E-state index contributed by atoms with van der Waals surface area (Å²) in [6, 6.07) is 8.75. The van der Waals surface area contributed by atoms with Gasteiger partial charge in [-0.05, 0) is 63.1 Å². The minimum absolute atomic E-state index is 0.384. The van der Waals surface area contributed by atoms with Gasteiger partial charge in [-0.3, -0.25) is 9.69 Å². The number of rotatable bonds is 5. The largest absolute Gasteiger partial charge is 0.348 e.